The van der Waals surface area contributed by atoms with Gasteiger partial charge in [-0.25, -0.2) is 4.98 Å². The maximum Gasteiger partial charge on any atom is 0.123 e. The molecule has 2 heterocycles. The van der Waals surface area contributed by atoms with Gasteiger partial charge >= 0.3 is 0 Å². The van der Waals surface area contributed by atoms with Crippen molar-refractivity contribution in [3.05, 3.63) is 41.9 Å². The van der Waals surface area contributed by atoms with Crippen LogP contribution in [0.15, 0.2) is 29.1 Å². The molecule has 0 unspecified atom stereocenters. The van der Waals surface area contributed by atoms with Gasteiger partial charge in [-0.2, -0.15) is 0 Å². The fourth-order valence-corrected chi connectivity index (χ4v) is 2.03. The molecule has 0 aromatic carbocycles. The molecule has 2 aromatic heterocycles. The van der Waals surface area contributed by atoms with E-state index in [-0.39, 0.29) is 0 Å². The first-order valence-corrected chi connectivity index (χ1v) is 6.98. The van der Waals surface area contributed by atoms with Crippen LogP contribution in [0.4, 0.5) is 0 Å². The molecule has 0 amide bonds. The topological polar surface area (TPSA) is 43.0 Å². The largest absolute Gasteiger partial charge is 0.467 e. The van der Waals surface area contributed by atoms with Gasteiger partial charge in [-0.3, -0.25) is 0 Å². The summed E-state index contributed by atoms with van der Waals surface area (Å²) >= 11 is 0. The number of nitrogens with one attached hydrogen (secondary N) is 1. The smallest absolute Gasteiger partial charge is 0.123 e. The molecular formula is C15H23N3O. The standard InChI is InChI=1S/C15H23N3O/c1-4-5-15-16-6-7-18(15)10-14-8-13(11-19-14)9-17-12(2)3/h6-8,11-12,17H,4-5,9-10H2,1-3H3. The number of aromatic nitrogens is 2. The SMILES string of the molecule is CCCc1nccn1Cc1cc(CNC(C)C)co1. The zero-order valence-corrected chi connectivity index (χ0v) is 12.0. The van der Waals surface area contributed by atoms with Gasteiger partial charge in [-0.05, 0) is 12.5 Å². The average Bonchev–Trinajstić information content (AvgIpc) is 2.98. The van der Waals surface area contributed by atoms with Gasteiger partial charge in [0.2, 0.25) is 0 Å². The second-order valence-electron chi connectivity index (χ2n) is 5.18. The van der Waals surface area contributed by atoms with Crippen LogP contribution in [0.1, 0.15) is 44.3 Å². The van der Waals surface area contributed by atoms with Gasteiger partial charge in [0.25, 0.3) is 0 Å². The quantitative estimate of drug-likeness (QED) is 0.833. The summed E-state index contributed by atoms with van der Waals surface area (Å²) in [6, 6.07) is 2.61. The van der Waals surface area contributed by atoms with E-state index in [1.807, 2.05) is 18.7 Å². The molecule has 0 aliphatic heterocycles. The third-order valence-electron chi connectivity index (χ3n) is 3.02. The number of aryl methyl sites for hydroxylation is 1. The van der Waals surface area contributed by atoms with E-state index >= 15 is 0 Å². The Kier molecular flexibility index (Phi) is 4.80. The molecule has 2 rings (SSSR count). The van der Waals surface area contributed by atoms with E-state index in [4.69, 9.17) is 4.42 Å². The lowest BCUT2D eigenvalue weighted by molar-refractivity contribution is 0.485. The normalized spacial score (nSPS) is 11.4. The predicted molar refractivity (Wildman–Crippen MR) is 76.0 cm³/mol. The summed E-state index contributed by atoms with van der Waals surface area (Å²) in [7, 11) is 0. The van der Waals surface area contributed by atoms with E-state index in [0.29, 0.717) is 6.04 Å². The Hall–Kier alpha value is -1.55. The number of hydrogen-bond acceptors (Lipinski definition) is 3. The summed E-state index contributed by atoms with van der Waals surface area (Å²) in [5.41, 5.74) is 1.20. The van der Waals surface area contributed by atoms with E-state index < -0.39 is 0 Å². The van der Waals surface area contributed by atoms with E-state index in [2.05, 4.69) is 41.7 Å². The minimum Gasteiger partial charge on any atom is -0.467 e. The number of rotatable bonds is 7. The van der Waals surface area contributed by atoms with E-state index in [9.17, 15) is 0 Å². The number of nitrogens with zero attached hydrogens (tertiary/aromatic N) is 2. The first-order chi connectivity index (χ1) is 9.19. The molecule has 0 saturated carbocycles. The maximum absolute atomic E-state index is 5.61. The molecule has 1 N–H and O–H groups in total. The van der Waals surface area contributed by atoms with Crippen molar-refractivity contribution in [3.63, 3.8) is 0 Å². The molecular weight excluding hydrogens is 238 g/mol. The highest BCUT2D eigenvalue weighted by Gasteiger charge is 2.06. The Morgan fingerprint density at radius 2 is 2.26 bits per heavy atom. The second kappa shape index (κ2) is 6.57. The molecule has 0 saturated heterocycles. The van der Waals surface area contributed by atoms with Crippen LogP contribution >= 0.6 is 0 Å². The maximum atomic E-state index is 5.61. The molecule has 0 atom stereocenters. The Labute approximate surface area is 114 Å². The lowest BCUT2D eigenvalue weighted by atomic mass is 10.2. The van der Waals surface area contributed by atoms with Gasteiger partial charge < -0.3 is 14.3 Å². The third kappa shape index (κ3) is 3.96. The minimum absolute atomic E-state index is 0.489. The van der Waals surface area contributed by atoms with Gasteiger partial charge in [0.05, 0.1) is 12.8 Å². The van der Waals surface area contributed by atoms with Crippen molar-refractivity contribution in [2.45, 2.75) is 52.7 Å². The second-order valence-corrected chi connectivity index (χ2v) is 5.18. The monoisotopic (exact) mass is 261 g/mol. The van der Waals surface area contributed by atoms with Crippen LogP contribution in [0, 0.1) is 0 Å². The highest BCUT2D eigenvalue weighted by molar-refractivity contribution is 5.13. The molecule has 104 valence electrons. The first-order valence-electron chi connectivity index (χ1n) is 6.98. The molecule has 0 aliphatic carbocycles. The van der Waals surface area contributed by atoms with Crippen LogP contribution in [0.2, 0.25) is 0 Å². The van der Waals surface area contributed by atoms with Crippen LogP contribution in [-0.2, 0) is 19.5 Å². The fraction of sp³-hybridized carbons (Fsp3) is 0.533. The van der Waals surface area contributed by atoms with Gasteiger partial charge in [-0.1, -0.05) is 20.8 Å². The molecule has 0 radical (unpaired) electrons. The Bertz CT molecular complexity index is 499. The van der Waals surface area contributed by atoms with Crippen molar-refractivity contribution < 1.29 is 4.42 Å². The Balaban J connectivity index is 1.97. The first kappa shape index (κ1) is 13.9. The van der Waals surface area contributed by atoms with Crippen LogP contribution in [0.25, 0.3) is 0 Å². The predicted octanol–water partition coefficient (Wildman–Crippen LogP) is 2.97. The summed E-state index contributed by atoms with van der Waals surface area (Å²) < 4.78 is 7.77. The van der Waals surface area contributed by atoms with E-state index in [1.54, 1.807) is 0 Å². The summed E-state index contributed by atoms with van der Waals surface area (Å²) in [6.45, 7) is 8.07. The average molecular weight is 261 g/mol. The van der Waals surface area contributed by atoms with Crippen LogP contribution < -0.4 is 5.32 Å². The highest BCUT2D eigenvalue weighted by atomic mass is 16.3. The van der Waals surface area contributed by atoms with Crippen LogP contribution in [0.5, 0.6) is 0 Å². The number of hydrogen-bond donors (Lipinski definition) is 1. The van der Waals surface area contributed by atoms with E-state index in [0.717, 1.165) is 37.5 Å². The lowest BCUT2D eigenvalue weighted by Crippen LogP contribution is -2.21. The van der Waals surface area contributed by atoms with Gasteiger partial charge in [0.1, 0.15) is 11.6 Å². The van der Waals surface area contributed by atoms with Gasteiger partial charge in [-0.15, -0.1) is 0 Å². The van der Waals surface area contributed by atoms with Gasteiger partial charge in [0, 0.05) is 37.0 Å². The van der Waals surface area contributed by atoms with E-state index in [1.165, 1.54) is 5.56 Å². The lowest BCUT2D eigenvalue weighted by Gasteiger charge is -2.05. The molecule has 4 heteroatoms. The number of furan rings is 1. The highest BCUT2D eigenvalue weighted by Crippen LogP contribution is 2.11. The Morgan fingerprint density at radius 3 is 3.00 bits per heavy atom. The van der Waals surface area contributed by atoms with Crippen molar-refractivity contribution in [2.75, 3.05) is 0 Å². The Morgan fingerprint density at radius 1 is 1.42 bits per heavy atom. The molecule has 0 spiro atoms. The zero-order chi connectivity index (χ0) is 13.7. The van der Waals surface area contributed by atoms with Crippen molar-refractivity contribution in [3.8, 4) is 0 Å². The number of imidazole rings is 1. The summed E-state index contributed by atoms with van der Waals surface area (Å²) in [5.74, 6) is 2.11. The van der Waals surface area contributed by atoms with Crippen molar-refractivity contribution in [2.24, 2.45) is 0 Å². The molecule has 4 nitrogen and oxygen atoms in total. The van der Waals surface area contributed by atoms with Crippen LogP contribution in [-0.4, -0.2) is 15.6 Å². The molecule has 0 bridgehead atoms. The molecule has 0 aliphatic rings. The summed E-state index contributed by atoms with van der Waals surface area (Å²) in [4.78, 5) is 4.38. The third-order valence-corrected chi connectivity index (χ3v) is 3.02. The zero-order valence-electron chi connectivity index (χ0n) is 12.0. The summed E-state index contributed by atoms with van der Waals surface area (Å²) in [6.07, 6.45) is 7.82. The molecule has 0 fully saturated rings. The van der Waals surface area contributed by atoms with Crippen molar-refractivity contribution in [1.29, 1.82) is 0 Å². The van der Waals surface area contributed by atoms with Crippen molar-refractivity contribution in [1.82, 2.24) is 14.9 Å². The summed E-state index contributed by atoms with van der Waals surface area (Å²) in [5, 5.41) is 3.39. The fourth-order valence-electron chi connectivity index (χ4n) is 2.03. The molecule has 2 aromatic rings. The van der Waals surface area contributed by atoms with Crippen molar-refractivity contribution >= 4 is 0 Å². The minimum atomic E-state index is 0.489. The van der Waals surface area contributed by atoms with Crippen LogP contribution in [0.3, 0.4) is 0 Å². The van der Waals surface area contributed by atoms with Gasteiger partial charge in [0.15, 0.2) is 0 Å². The molecule has 19 heavy (non-hydrogen) atoms.